The Morgan fingerprint density at radius 2 is 2.10 bits per heavy atom. The van der Waals surface area contributed by atoms with Gasteiger partial charge < -0.3 is 0 Å². The van der Waals surface area contributed by atoms with Crippen molar-refractivity contribution in [1.82, 2.24) is 4.90 Å². The number of carbonyl (C=O) groups is 2. The smallest absolute Gasteiger partial charge is 0.273 e. The highest BCUT2D eigenvalue weighted by atomic mass is 35.5. The van der Waals surface area contributed by atoms with Crippen molar-refractivity contribution in [3.8, 4) is 0 Å². The molecule has 20 heavy (non-hydrogen) atoms. The lowest BCUT2D eigenvalue weighted by molar-refractivity contribution is -0.361. The van der Waals surface area contributed by atoms with E-state index in [1.54, 1.807) is 6.20 Å². The number of allylic oxidation sites excluding steroid dienone is 2. The van der Waals surface area contributed by atoms with Gasteiger partial charge in [0.25, 0.3) is 5.82 Å². The van der Waals surface area contributed by atoms with Crippen LogP contribution in [0, 0.1) is 11.8 Å². The fraction of sp³-hybridized carbons (Fsp3) is 0.357. The first-order valence-corrected chi connectivity index (χ1v) is 6.95. The normalized spacial score (nSPS) is 25.4. The largest absolute Gasteiger partial charge is 0.274 e. The highest BCUT2D eigenvalue weighted by molar-refractivity contribution is 6.30. The number of hydrogen-bond acceptors (Lipinski definition) is 3. The summed E-state index contributed by atoms with van der Waals surface area (Å²) in [6.45, 7) is 0.183. The van der Waals surface area contributed by atoms with Gasteiger partial charge in [0.2, 0.25) is 11.8 Å². The minimum atomic E-state index is -0.290. The first-order chi connectivity index (χ1) is 9.66. The molecular formula is C14H15ClN3O2+. The number of aromatic amines is 1. The van der Waals surface area contributed by atoms with E-state index in [2.05, 4.69) is 10.3 Å². The second kappa shape index (κ2) is 5.25. The summed E-state index contributed by atoms with van der Waals surface area (Å²) in [6, 6.07) is 5.58. The number of amides is 2. The predicted molar refractivity (Wildman–Crippen MR) is 73.5 cm³/mol. The molecule has 3 rings (SSSR count). The summed E-state index contributed by atoms with van der Waals surface area (Å²) in [4.78, 5) is 28.8. The fourth-order valence-corrected chi connectivity index (χ4v) is 2.97. The number of likely N-dealkylation sites (tertiary alicyclic amines) is 1. The average Bonchev–Trinajstić information content (AvgIpc) is 2.70. The summed E-state index contributed by atoms with van der Waals surface area (Å²) < 4.78 is 0. The van der Waals surface area contributed by atoms with Crippen LogP contribution in [0.1, 0.15) is 12.8 Å². The number of imide groups is 1. The van der Waals surface area contributed by atoms with E-state index in [0.717, 1.165) is 5.82 Å². The van der Waals surface area contributed by atoms with Crippen molar-refractivity contribution in [3.63, 3.8) is 0 Å². The quantitative estimate of drug-likeness (QED) is 0.856. The Morgan fingerprint density at radius 1 is 1.30 bits per heavy atom. The maximum absolute atomic E-state index is 12.3. The van der Waals surface area contributed by atoms with Crippen molar-refractivity contribution in [2.45, 2.75) is 12.8 Å². The van der Waals surface area contributed by atoms with E-state index in [1.165, 1.54) is 4.90 Å². The average molecular weight is 293 g/mol. The van der Waals surface area contributed by atoms with Crippen LogP contribution in [0.25, 0.3) is 0 Å². The Kier molecular flexibility index (Phi) is 3.44. The number of anilines is 1. The van der Waals surface area contributed by atoms with Gasteiger partial charge in [0.1, 0.15) is 0 Å². The van der Waals surface area contributed by atoms with Gasteiger partial charge in [-0.1, -0.05) is 23.7 Å². The third-order valence-electron chi connectivity index (χ3n) is 3.80. The first-order valence-electron chi connectivity index (χ1n) is 6.57. The van der Waals surface area contributed by atoms with E-state index in [9.17, 15) is 9.59 Å². The summed E-state index contributed by atoms with van der Waals surface area (Å²) in [5.74, 6) is -0.00855. The Balaban J connectivity index is 1.69. The lowest BCUT2D eigenvalue weighted by Gasteiger charge is -2.17. The molecule has 2 atom stereocenters. The predicted octanol–water partition coefficient (Wildman–Crippen LogP) is 1.39. The van der Waals surface area contributed by atoms with Crippen LogP contribution in [0.5, 0.6) is 0 Å². The lowest BCUT2D eigenvalue weighted by atomic mass is 9.85. The number of rotatable bonds is 3. The van der Waals surface area contributed by atoms with Crippen molar-refractivity contribution in [3.05, 3.63) is 35.5 Å². The first kappa shape index (κ1) is 13.1. The van der Waals surface area contributed by atoms with Crippen LogP contribution in [0.4, 0.5) is 5.82 Å². The lowest BCUT2D eigenvalue weighted by Crippen LogP contribution is -2.36. The van der Waals surface area contributed by atoms with Crippen molar-refractivity contribution in [1.29, 1.82) is 0 Å². The van der Waals surface area contributed by atoms with E-state index in [-0.39, 0.29) is 30.3 Å². The van der Waals surface area contributed by atoms with Crippen LogP contribution in [0.15, 0.2) is 35.5 Å². The van der Waals surface area contributed by atoms with E-state index in [0.29, 0.717) is 17.9 Å². The monoisotopic (exact) mass is 292 g/mol. The Morgan fingerprint density at radius 3 is 2.85 bits per heavy atom. The molecule has 0 aromatic carbocycles. The highest BCUT2D eigenvalue weighted by Crippen LogP contribution is 2.38. The number of nitrogens with one attached hydrogen (secondary N) is 2. The molecule has 0 unspecified atom stereocenters. The van der Waals surface area contributed by atoms with Crippen molar-refractivity contribution in [2.75, 3.05) is 12.0 Å². The number of nitrogens with zero attached hydrogens (tertiary/aromatic N) is 1. The molecular weight excluding hydrogens is 278 g/mol. The number of pyridine rings is 1. The minimum Gasteiger partial charge on any atom is -0.274 e. The van der Waals surface area contributed by atoms with Crippen LogP contribution >= 0.6 is 11.6 Å². The van der Waals surface area contributed by atoms with Gasteiger partial charge in [-0.05, 0) is 18.9 Å². The number of halogens is 1. The van der Waals surface area contributed by atoms with Crippen LogP contribution in [-0.4, -0.2) is 23.4 Å². The van der Waals surface area contributed by atoms with Gasteiger partial charge in [-0.25, -0.2) is 9.88 Å². The number of fused-ring (bicyclic) bond motifs is 1. The summed E-state index contributed by atoms with van der Waals surface area (Å²) in [5, 5.41) is 3.73. The molecule has 0 saturated carbocycles. The van der Waals surface area contributed by atoms with E-state index < -0.39 is 0 Å². The Labute approximate surface area is 121 Å². The molecule has 1 aliphatic carbocycles. The number of H-pyrrole nitrogens is 1. The third kappa shape index (κ3) is 2.29. The second-order valence-corrected chi connectivity index (χ2v) is 5.50. The van der Waals surface area contributed by atoms with Gasteiger partial charge in [0, 0.05) is 11.1 Å². The molecule has 0 radical (unpaired) electrons. The van der Waals surface area contributed by atoms with E-state index in [4.69, 9.17) is 11.6 Å². The zero-order valence-corrected chi connectivity index (χ0v) is 11.6. The Hall–Kier alpha value is -1.88. The molecule has 1 aromatic rings. The summed E-state index contributed by atoms with van der Waals surface area (Å²) in [5.41, 5.74) is 0. The summed E-state index contributed by atoms with van der Waals surface area (Å²) in [7, 11) is 0. The fourth-order valence-electron chi connectivity index (χ4n) is 2.72. The van der Waals surface area contributed by atoms with E-state index in [1.807, 2.05) is 24.3 Å². The molecule has 0 bridgehead atoms. The highest BCUT2D eigenvalue weighted by Gasteiger charge is 2.48. The van der Waals surface area contributed by atoms with Crippen molar-refractivity contribution in [2.24, 2.45) is 11.8 Å². The van der Waals surface area contributed by atoms with Crippen LogP contribution in [-0.2, 0) is 9.59 Å². The molecule has 1 aromatic heterocycles. The molecule has 2 amide bonds. The van der Waals surface area contributed by atoms with Gasteiger partial charge in [-0.2, -0.15) is 0 Å². The van der Waals surface area contributed by atoms with Gasteiger partial charge in [-0.15, -0.1) is 0 Å². The molecule has 5 nitrogen and oxygen atoms in total. The second-order valence-electron chi connectivity index (χ2n) is 5.02. The number of carbonyl (C=O) groups excluding carboxylic acids is 2. The SMILES string of the molecule is O=C1[C@@H]2CC=C(Cl)C[C@H]2C(=O)N1CNc1cccc[nH+]1. The minimum absolute atomic E-state index is 0.108. The zero-order chi connectivity index (χ0) is 14.1. The third-order valence-corrected chi connectivity index (χ3v) is 4.11. The Bertz CT molecular complexity index is 573. The molecule has 1 saturated heterocycles. The number of hydrogen-bond donors (Lipinski definition) is 1. The zero-order valence-electron chi connectivity index (χ0n) is 10.8. The molecule has 104 valence electrons. The molecule has 1 aliphatic heterocycles. The van der Waals surface area contributed by atoms with Crippen LogP contribution in [0.2, 0.25) is 0 Å². The van der Waals surface area contributed by atoms with Gasteiger partial charge in [-0.3, -0.25) is 14.9 Å². The maximum atomic E-state index is 12.3. The molecule has 6 heteroatoms. The van der Waals surface area contributed by atoms with E-state index >= 15 is 0 Å². The topological polar surface area (TPSA) is 63.6 Å². The molecule has 2 aliphatic rings. The maximum Gasteiger partial charge on any atom is 0.273 e. The van der Waals surface area contributed by atoms with Gasteiger partial charge in [0.15, 0.2) is 6.67 Å². The summed E-state index contributed by atoms with van der Waals surface area (Å²) >= 11 is 5.98. The van der Waals surface area contributed by atoms with Gasteiger partial charge >= 0.3 is 0 Å². The van der Waals surface area contributed by atoms with Crippen molar-refractivity contribution < 1.29 is 14.6 Å². The van der Waals surface area contributed by atoms with Crippen molar-refractivity contribution >= 4 is 29.2 Å². The molecule has 0 spiro atoms. The standard InChI is InChI=1S/C14H14ClN3O2/c15-9-4-5-10-11(7-9)14(20)18(13(10)19)8-17-12-3-1-2-6-16-12/h1-4,6,10-11H,5,7-8H2,(H,16,17)/p+1/t10-,11-/m1/s1. The van der Waals surface area contributed by atoms with Gasteiger partial charge in [0.05, 0.1) is 18.0 Å². The summed E-state index contributed by atoms with van der Waals surface area (Å²) in [6.07, 6.45) is 4.65. The number of aromatic nitrogens is 1. The molecule has 2 N–H and O–H groups in total. The molecule has 1 fully saturated rings. The van der Waals surface area contributed by atoms with Crippen LogP contribution in [0.3, 0.4) is 0 Å². The van der Waals surface area contributed by atoms with Crippen LogP contribution < -0.4 is 10.3 Å². The molecule has 2 heterocycles.